The number of aromatic nitrogens is 2. The van der Waals surface area contributed by atoms with Crippen LogP contribution in [0.15, 0.2) is 48.5 Å². The van der Waals surface area contributed by atoms with Crippen molar-refractivity contribution in [3.8, 4) is 6.07 Å². The van der Waals surface area contributed by atoms with E-state index in [0.29, 0.717) is 16.4 Å². The van der Waals surface area contributed by atoms with E-state index in [0.717, 1.165) is 16.6 Å². The van der Waals surface area contributed by atoms with E-state index in [1.807, 2.05) is 54.1 Å². The summed E-state index contributed by atoms with van der Waals surface area (Å²) in [5.41, 5.74) is 3.33. The van der Waals surface area contributed by atoms with Gasteiger partial charge in [0.25, 0.3) is 0 Å². The zero-order chi connectivity index (χ0) is 14.8. The molecule has 0 saturated carbocycles. The number of halogens is 1. The van der Waals surface area contributed by atoms with Gasteiger partial charge in [0.15, 0.2) is 5.82 Å². The van der Waals surface area contributed by atoms with Crippen LogP contribution in [0.1, 0.15) is 11.4 Å². The molecule has 102 valence electrons. The van der Waals surface area contributed by atoms with Crippen LogP contribution in [0.4, 0.5) is 0 Å². The number of hydrogen-bond acceptors (Lipinski definition) is 2. The minimum Gasteiger partial charge on any atom is -0.327 e. The molecule has 4 heteroatoms. The Morgan fingerprint density at radius 3 is 2.57 bits per heavy atom. The first kappa shape index (κ1) is 13.4. The van der Waals surface area contributed by atoms with Gasteiger partial charge in [-0.15, -0.1) is 0 Å². The number of imidazole rings is 1. The smallest absolute Gasteiger partial charge is 0.151 e. The monoisotopic (exact) mass is 293 g/mol. The minimum absolute atomic E-state index is 0.524. The lowest BCUT2D eigenvalue weighted by Crippen LogP contribution is -1.95. The average Bonchev–Trinajstić information content (AvgIpc) is 2.84. The number of para-hydroxylation sites is 2. The third-order valence-electron chi connectivity index (χ3n) is 3.33. The molecule has 3 rings (SSSR count). The van der Waals surface area contributed by atoms with Crippen molar-refractivity contribution in [1.82, 2.24) is 9.55 Å². The molecule has 0 radical (unpaired) electrons. The van der Waals surface area contributed by atoms with Crippen LogP contribution in [0.3, 0.4) is 0 Å². The van der Waals surface area contributed by atoms with Gasteiger partial charge >= 0.3 is 0 Å². The molecule has 0 aliphatic heterocycles. The zero-order valence-corrected chi connectivity index (χ0v) is 12.2. The van der Waals surface area contributed by atoms with Gasteiger partial charge in [0, 0.05) is 12.1 Å². The van der Waals surface area contributed by atoms with Crippen molar-refractivity contribution in [3.63, 3.8) is 0 Å². The van der Waals surface area contributed by atoms with E-state index in [1.54, 1.807) is 12.1 Å². The molecular formula is C17H12ClN3. The molecule has 0 unspecified atom stereocenters. The highest BCUT2D eigenvalue weighted by molar-refractivity contribution is 6.30. The molecule has 0 spiro atoms. The fraction of sp³-hybridized carbons (Fsp3) is 0.0588. The summed E-state index contributed by atoms with van der Waals surface area (Å²) in [5, 5.41) is 10.1. The molecule has 0 bridgehead atoms. The minimum atomic E-state index is 0.524. The van der Waals surface area contributed by atoms with E-state index in [2.05, 4.69) is 11.1 Å². The number of benzene rings is 2. The van der Waals surface area contributed by atoms with Crippen LogP contribution in [-0.2, 0) is 7.05 Å². The molecule has 0 aliphatic carbocycles. The van der Waals surface area contributed by atoms with Crippen molar-refractivity contribution in [1.29, 1.82) is 5.26 Å². The fourth-order valence-corrected chi connectivity index (χ4v) is 2.38. The third-order valence-corrected chi connectivity index (χ3v) is 3.58. The Bertz CT molecular complexity index is 867. The second-order valence-corrected chi connectivity index (χ2v) is 5.14. The predicted molar refractivity (Wildman–Crippen MR) is 85.7 cm³/mol. The van der Waals surface area contributed by atoms with Crippen molar-refractivity contribution in [2.24, 2.45) is 7.05 Å². The van der Waals surface area contributed by atoms with Crippen molar-refractivity contribution >= 4 is 34.3 Å². The van der Waals surface area contributed by atoms with Crippen LogP contribution >= 0.6 is 11.6 Å². The van der Waals surface area contributed by atoms with E-state index in [-0.39, 0.29) is 0 Å². The number of hydrogen-bond donors (Lipinski definition) is 0. The van der Waals surface area contributed by atoms with E-state index < -0.39 is 0 Å². The van der Waals surface area contributed by atoms with Gasteiger partial charge in [-0.05, 0) is 35.9 Å². The van der Waals surface area contributed by atoms with Crippen LogP contribution in [-0.4, -0.2) is 9.55 Å². The lowest BCUT2D eigenvalue weighted by Gasteiger charge is -2.01. The number of rotatable bonds is 2. The van der Waals surface area contributed by atoms with E-state index >= 15 is 0 Å². The quantitative estimate of drug-likeness (QED) is 0.661. The van der Waals surface area contributed by atoms with Crippen LogP contribution in [0.2, 0.25) is 5.02 Å². The van der Waals surface area contributed by atoms with Crippen LogP contribution in [0.25, 0.3) is 22.7 Å². The maximum Gasteiger partial charge on any atom is 0.151 e. The second-order valence-electron chi connectivity index (χ2n) is 4.70. The summed E-state index contributed by atoms with van der Waals surface area (Å²) in [4.78, 5) is 4.54. The number of aryl methyl sites for hydroxylation is 1. The summed E-state index contributed by atoms with van der Waals surface area (Å²) in [5.74, 6) is 0.661. The Hall–Kier alpha value is -2.57. The molecule has 0 atom stereocenters. The highest BCUT2D eigenvalue weighted by Crippen LogP contribution is 2.22. The van der Waals surface area contributed by atoms with Crippen LogP contribution in [0, 0.1) is 11.3 Å². The average molecular weight is 294 g/mol. The Balaban J connectivity index is 2.12. The van der Waals surface area contributed by atoms with Crippen molar-refractivity contribution in [2.75, 3.05) is 0 Å². The van der Waals surface area contributed by atoms with Gasteiger partial charge < -0.3 is 4.57 Å². The summed E-state index contributed by atoms with van der Waals surface area (Å²) >= 11 is 5.88. The molecule has 0 saturated heterocycles. The van der Waals surface area contributed by atoms with E-state index in [9.17, 15) is 5.26 Å². The van der Waals surface area contributed by atoms with Crippen LogP contribution in [0.5, 0.6) is 0 Å². The second kappa shape index (κ2) is 5.43. The summed E-state index contributed by atoms with van der Waals surface area (Å²) in [6.07, 6.45) is 1.82. The highest BCUT2D eigenvalue weighted by atomic mass is 35.5. The largest absolute Gasteiger partial charge is 0.327 e. The van der Waals surface area contributed by atoms with Crippen molar-refractivity contribution in [2.45, 2.75) is 0 Å². The molecule has 0 amide bonds. The van der Waals surface area contributed by atoms with E-state index in [4.69, 9.17) is 11.6 Å². The molecule has 21 heavy (non-hydrogen) atoms. The molecule has 0 N–H and O–H groups in total. The number of allylic oxidation sites excluding steroid dienone is 1. The standard InChI is InChI=1S/C17H12ClN3/c1-21-16-5-3-2-4-15(16)20-17(21)13(11-19)10-12-6-8-14(18)9-7-12/h2-10H,1H3. The van der Waals surface area contributed by atoms with Gasteiger partial charge in [0.2, 0.25) is 0 Å². The number of nitrogens with zero attached hydrogens (tertiary/aromatic N) is 3. The van der Waals surface area contributed by atoms with Gasteiger partial charge in [-0.3, -0.25) is 0 Å². The maximum atomic E-state index is 9.45. The molecule has 3 aromatic rings. The van der Waals surface area contributed by atoms with E-state index in [1.165, 1.54) is 0 Å². The normalized spacial score (nSPS) is 11.6. The summed E-state index contributed by atoms with van der Waals surface area (Å²) in [6.45, 7) is 0. The van der Waals surface area contributed by atoms with Gasteiger partial charge in [-0.2, -0.15) is 5.26 Å². The van der Waals surface area contributed by atoms with Crippen LogP contribution < -0.4 is 0 Å². The summed E-state index contributed by atoms with van der Waals surface area (Å²) in [7, 11) is 1.91. The third kappa shape index (κ3) is 2.54. The van der Waals surface area contributed by atoms with Gasteiger partial charge in [-0.1, -0.05) is 35.9 Å². The molecule has 1 aromatic heterocycles. The molecule has 2 aromatic carbocycles. The van der Waals surface area contributed by atoms with Crippen molar-refractivity contribution < 1.29 is 0 Å². The zero-order valence-electron chi connectivity index (χ0n) is 11.4. The molecule has 0 fully saturated rings. The lowest BCUT2D eigenvalue weighted by molar-refractivity contribution is 0.925. The Morgan fingerprint density at radius 2 is 1.90 bits per heavy atom. The maximum absolute atomic E-state index is 9.45. The number of fused-ring (bicyclic) bond motifs is 1. The topological polar surface area (TPSA) is 41.6 Å². The number of nitriles is 1. The molecule has 1 heterocycles. The predicted octanol–water partition coefficient (Wildman–Crippen LogP) is 4.29. The van der Waals surface area contributed by atoms with Gasteiger partial charge in [-0.25, -0.2) is 4.98 Å². The first-order chi connectivity index (χ1) is 10.2. The molecule has 3 nitrogen and oxygen atoms in total. The molecule has 0 aliphatic rings. The first-order valence-corrected chi connectivity index (χ1v) is 6.86. The highest BCUT2D eigenvalue weighted by Gasteiger charge is 2.11. The summed E-state index contributed by atoms with van der Waals surface area (Å²) in [6, 6.07) is 17.4. The Kier molecular flexibility index (Phi) is 3.47. The van der Waals surface area contributed by atoms with Gasteiger partial charge in [0.05, 0.1) is 16.6 Å². The Morgan fingerprint density at radius 1 is 1.19 bits per heavy atom. The fourth-order valence-electron chi connectivity index (χ4n) is 2.26. The Labute approximate surface area is 127 Å². The lowest BCUT2D eigenvalue weighted by atomic mass is 10.1. The molecular weight excluding hydrogens is 282 g/mol. The SMILES string of the molecule is Cn1c(C(C#N)=Cc2ccc(Cl)cc2)nc2ccccc21. The van der Waals surface area contributed by atoms with Gasteiger partial charge in [0.1, 0.15) is 6.07 Å². The van der Waals surface area contributed by atoms with Crippen molar-refractivity contribution in [3.05, 3.63) is 64.9 Å². The first-order valence-electron chi connectivity index (χ1n) is 6.48. The summed E-state index contributed by atoms with van der Waals surface area (Å²) < 4.78 is 1.93.